The lowest BCUT2D eigenvalue weighted by Crippen LogP contribution is -2.47. The molecule has 0 aliphatic rings. The third kappa shape index (κ3) is 4.60. The molecule has 0 aliphatic heterocycles. The summed E-state index contributed by atoms with van der Waals surface area (Å²) >= 11 is 0. The number of hydrogen-bond acceptors (Lipinski definition) is 3. The van der Waals surface area contributed by atoms with Crippen molar-refractivity contribution in [2.75, 3.05) is 15.9 Å². The zero-order valence-corrected chi connectivity index (χ0v) is 16.1. The van der Waals surface area contributed by atoms with Crippen molar-refractivity contribution >= 4 is 27.3 Å². The van der Waals surface area contributed by atoms with Gasteiger partial charge in [-0.1, -0.05) is 13.0 Å². The van der Waals surface area contributed by atoms with Crippen LogP contribution in [0.15, 0.2) is 42.5 Å². The minimum Gasteiger partial charge on any atom is -0.324 e. The molecule has 0 heterocycles. The maximum Gasteiger partial charge on any atom is 0.248 e. The first-order valence-corrected chi connectivity index (χ1v) is 10.1. The summed E-state index contributed by atoms with van der Waals surface area (Å²) in [5, 5.41) is 2.78. The van der Waals surface area contributed by atoms with Gasteiger partial charge in [0.1, 0.15) is 11.9 Å². The van der Waals surface area contributed by atoms with E-state index in [2.05, 4.69) is 5.32 Å². The molecule has 5 nitrogen and oxygen atoms in total. The Bertz CT molecular complexity index is 896. The molecule has 2 rings (SSSR count). The van der Waals surface area contributed by atoms with Gasteiger partial charge in [0.15, 0.2) is 0 Å². The number of aryl methyl sites for hydroxylation is 2. The molecular formula is C19H23FN2O3S. The van der Waals surface area contributed by atoms with E-state index in [-0.39, 0.29) is 12.1 Å². The molecule has 1 amide bonds. The van der Waals surface area contributed by atoms with Crippen molar-refractivity contribution < 1.29 is 17.6 Å². The highest BCUT2D eigenvalue weighted by molar-refractivity contribution is 7.92. The first kappa shape index (κ1) is 19.9. The molecule has 0 radical (unpaired) electrons. The Labute approximate surface area is 153 Å². The number of nitrogens with one attached hydrogen (secondary N) is 1. The highest BCUT2D eigenvalue weighted by atomic mass is 32.2. The number of halogens is 1. The van der Waals surface area contributed by atoms with Crippen LogP contribution in [0.2, 0.25) is 0 Å². The smallest absolute Gasteiger partial charge is 0.248 e. The lowest BCUT2D eigenvalue weighted by Gasteiger charge is -2.30. The number of carbonyl (C=O) groups excluding carboxylic acids is 1. The number of nitrogens with zero attached hydrogens (tertiary/aromatic N) is 1. The van der Waals surface area contributed by atoms with Crippen molar-refractivity contribution in [3.05, 3.63) is 59.4 Å². The Morgan fingerprint density at radius 2 is 1.73 bits per heavy atom. The third-order valence-electron chi connectivity index (χ3n) is 4.19. The molecule has 140 valence electrons. The highest BCUT2D eigenvalue weighted by Gasteiger charge is 2.31. The molecule has 0 bridgehead atoms. The van der Waals surface area contributed by atoms with Crippen LogP contribution in [0.5, 0.6) is 0 Å². The quantitative estimate of drug-likeness (QED) is 0.835. The topological polar surface area (TPSA) is 66.5 Å². The first-order chi connectivity index (χ1) is 12.1. The van der Waals surface area contributed by atoms with Crippen LogP contribution in [0.3, 0.4) is 0 Å². The third-order valence-corrected chi connectivity index (χ3v) is 5.37. The minimum absolute atomic E-state index is 0.246. The van der Waals surface area contributed by atoms with Gasteiger partial charge in [-0.2, -0.15) is 0 Å². The average Bonchev–Trinajstić information content (AvgIpc) is 2.56. The van der Waals surface area contributed by atoms with E-state index in [9.17, 15) is 17.6 Å². The fraction of sp³-hybridized carbons (Fsp3) is 0.316. The van der Waals surface area contributed by atoms with Gasteiger partial charge in [-0.3, -0.25) is 9.10 Å². The van der Waals surface area contributed by atoms with Crippen LogP contribution < -0.4 is 9.62 Å². The second-order valence-corrected chi connectivity index (χ2v) is 8.11. The standard InChI is InChI=1S/C19H23FN2O3S/c1-5-18(19(23)21-16-9-6-13(2)14(3)12-16)22(26(4,24)25)17-10-7-15(20)8-11-17/h6-12,18H,5H2,1-4H3,(H,21,23)/t18-/m0/s1. The van der Waals surface area contributed by atoms with Crippen LogP contribution >= 0.6 is 0 Å². The number of hydrogen-bond donors (Lipinski definition) is 1. The molecule has 0 aromatic heterocycles. The van der Waals surface area contributed by atoms with Gasteiger partial charge in [0.05, 0.1) is 11.9 Å². The van der Waals surface area contributed by atoms with E-state index in [1.807, 2.05) is 26.0 Å². The van der Waals surface area contributed by atoms with E-state index in [4.69, 9.17) is 0 Å². The lowest BCUT2D eigenvalue weighted by molar-refractivity contribution is -0.117. The summed E-state index contributed by atoms with van der Waals surface area (Å²) in [4.78, 5) is 12.8. The lowest BCUT2D eigenvalue weighted by atomic mass is 10.1. The predicted octanol–water partition coefficient (Wildman–Crippen LogP) is 3.63. The van der Waals surface area contributed by atoms with Crippen molar-refractivity contribution in [1.82, 2.24) is 0 Å². The van der Waals surface area contributed by atoms with E-state index in [1.54, 1.807) is 13.0 Å². The Morgan fingerprint density at radius 1 is 1.12 bits per heavy atom. The molecule has 0 aliphatic carbocycles. The Hall–Kier alpha value is -2.41. The molecule has 1 atom stereocenters. The molecule has 0 unspecified atom stereocenters. The summed E-state index contributed by atoms with van der Waals surface area (Å²) in [6, 6.07) is 9.59. The second-order valence-electron chi connectivity index (χ2n) is 6.25. The largest absolute Gasteiger partial charge is 0.324 e. The number of benzene rings is 2. The molecule has 2 aromatic carbocycles. The Kier molecular flexibility index (Phi) is 6.02. The minimum atomic E-state index is -3.74. The highest BCUT2D eigenvalue weighted by Crippen LogP contribution is 2.24. The van der Waals surface area contributed by atoms with E-state index >= 15 is 0 Å². The molecule has 26 heavy (non-hydrogen) atoms. The van der Waals surface area contributed by atoms with Crippen molar-refractivity contribution in [1.29, 1.82) is 0 Å². The van der Waals surface area contributed by atoms with Gasteiger partial charge in [-0.25, -0.2) is 12.8 Å². The maximum atomic E-state index is 13.2. The zero-order chi connectivity index (χ0) is 19.5. The van der Waals surface area contributed by atoms with Gasteiger partial charge in [-0.15, -0.1) is 0 Å². The summed E-state index contributed by atoms with van der Waals surface area (Å²) in [5.41, 5.74) is 2.97. The fourth-order valence-corrected chi connectivity index (χ4v) is 3.90. The molecule has 0 saturated carbocycles. The van der Waals surface area contributed by atoms with Crippen LogP contribution in [0.4, 0.5) is 15.8 Å². The monoisotopic (exact) mass is 378 g/mol. The van der Waals surface area contributed by atoms with E-state index < -0.39 is 27.8 Å². The van der Waals surface area contributed by atoms with E-state index in [0.29, 0.717) is 5.69 Å². The van der Waals surface area contributed by atoms with Gasteiger partial charge in [0.25, 0.3) is 0 Å². The summed E-state index contributed by atoms with van der Waals surface area (Å²) in [6.45, 7) is 5.63. The van der Waals surface area contributed by atoms with Crippen LogP contribution in [-0.4, -0.2) is 26.6 Å². The molecule has 0 spiro atoms. The zero-order valence-electron chi connectivity index (χ0n) is 15.3. The van der Waals surface area contributed by atoms with Crippen molar-refractivity contribution in [3.63, 3.8) is 0 Å². The number of anilines is 2. The molecule has 1 N–H and O–H groups in total. The molecule has 0 fully saturated rings. The predicted molar refractivity (Wildman–Crippen MR) is 102 cm³/mol. The van der Waals surface area contributed by atoms with E-state index in [1.165, 1.54) is 24.3 Å². The van der Waals surface area contributed by atoms with Crippen LogP contribution in [0.25, 0.3) is 0 Å². The number of amides is 1. The molecule has 0 saturated heterocycles. The number of carbonyl (C=O) groups is 1. The van der Waals surface area contributed by atoms with Gasteiger partial charge in [0, 0.05) is 5.69 Å². The van der Waals surface area contributed by atoms with Crippen LogP contribution in [0, 0.1) is 19.7 Å². The van der Waals surface area contributed by atoms with Crippen molar-refractivity contribution in [3.8, 4) is 0 Å². The maximum absolute atomic E-state index is 13.2. The SMILES string of the molecule is CC[C@@H](C(=O)Nc1ccc(C)c(C)c1)N(c1ccc(F)cc1)S(C)(=O)=O. The molecular weight excluding hydrogens is 355 g/mol. The van der Waals surface area contributed by atoms with Crippen LogP contribution in [0.1, 0.15) is 24.5 Å². The summed E-state index contributed by atoms with van der Waals surface area (Å²) in [7, 11) is -3.74. The van der Waals surface area contributed by atoms with Crippen LogP contribution in [-0.2, 0) is 14.8 Å². The van der Waals surface area contributed by atoms with Gasteiger partial charge in [-0.05, 0) is 67.8 Å². The molecule has 7 heteroatoms. The van der Waals surface area contributed by atoms with Crippen molar-refractivity contribution in [2.45, 2.75) is 33.2 Å². The number of sulfonamides is 1. The van der Waals surface area contributed by atoms with Gasteiger partial charge < -0.3 is 5.32 Å². The fourth-order valence-electron chi connectivity index (χ4n) is 2.69. The van der Waals surface area contributed by atoms with Gasteiger partial charge >= 0.3 is 0 Å². The van der Waals surface area contributed by atoms with E-state index in [0.717, 1.165) is 21.7 Å². The second kappa shape index (κ2) is 7.86. The van der Waals surface area contributed by atoms with Gasteiger partial charge in [0.2, 0.25) is 15.9 Å². The Morgan fingerprint density at radius 3 is 2.23 bits per heavy atom. The summed E-state index contributed by atoms with van der Waals surface area (Å²) < 4.78 is 38.9. The Balaban J connectivity index is 2.36. The first-order valence-electron chi connectivity index (χ1n) is 8.26. The summed E-state index contributed by atoms with van der Waals surface area (Å²) in [6.07, 6.45) is 1.30. The average molecular weight is 378 g/mol. The number of rotatable bonds is 6. The molecule has 2 aromatic rings. The van der Waals surface area contributed by atoms with Crippen molar-refractivity contribution in [2.24, 2.45) is 0 Å². The normalized spacial score (nSPS) is 12.5. The summed E-state index contributed by atoms with van der Waals surface area (Å²) in [5.74, 6) is -0.916.